The molecule has 0 aromatic heterocycles. The number of halogens is 1. The van der Waals surface area contributed by atoms with Crippen LogP contribution in [0.25, 0.3) is 0 Å². The van der Waals surface area contributed by atoms with Gasteiger partial charge in [0.1, 0.15) is 6.10 Å². The third-order valence-electron chi connectivity index (χ3n) is 2.86. The molecule has 0 saturated carbocycles. The molecule has 0 aliphatic carbocycles. The summed E-state index contributed by atoms with van der Waals surface area (Å²) in [6, 6.07) is 6.55. The lowest BCUT2D eigenvalue weighted by Gasteiger charge is -2.22. The Kier molecular flexibility index (Phi) is 6.39. The third kappa shape index (κ3) is 4.74. The van der Waals surface area contributed by atoms with E-state index in [0.29, 0.717) is 9.89 Å². The summed E-state index contributed by atoms with van der Waals surface area (Å²) in [4.78, 5) is 12.5. The summed E-state index contributed by atoms with van der Waals surface area (Å²) in [6.45, 7) is 5.27. The van der Waals surface area contributed by atoms with Gasteiger partial charge in [0.25, 0.3) is 0 Å². The predicted octanol–water partition coefficient (Wildman–Crippen LogP) is 3.23. The van der Waals surface area contributed by atoms with E-state index in [0.717, 1.165) is 5.56 Å². The van der Waals surface area contributed by atoms with Gasteiger partial charge in [-0.3, -0.25) is 0 Å². The van der Waals surface area contributed by atoms with Gasteiger partial charge < -0.3 is 15.8 Å². The lowest BCUT2D eigenvalue weighted by molar-refractivity contribution is 0.105. The largest absolute Gasteiger partial charge is 0.442 e. The van der Waals surface area contributed by atoms with Crippen molar-refractivity contribution in [2.45, 2.75) is 39.0 Å². The van der Waals surface area contributed by atoms with Gasteiger partial charge in [-0.15, -0.1) is 0 Å². The van der Waals surface area contributed by atoms with Crippen molar-refractivity contribution in [3.8, 4) is 0 Å². The molecular weight excluding hydrogens is 296 g/mol. The molecule has 0 fully saturated rings. The van der Waals surface area contributed by atoms with E-state index in [1.165, 1.54) is 0 Å². The first kappa shape index (κ1) is 16.9. The molecule has 0 bridgehead atoms. The highest BCUT2D eigenvalue weighted by atomic mass is 35.5. The molecule has 0 saturated heterocycles. The highest BCUT2D eigenvalue weighted by Gasteiger charge is 2.21. The molecule has 110 valence electrons. The van der Waals surface area contributed by atoms with Crippen LogP contribution in [0.3, 0.4) is 0 Å². The van der Waals surface area contributed by atoms with Crippen LogP contribution in [0.2, 0.25) is 5.02 Å². The minimum absolute atomic E-state index is 0.282. The number of nitrogens with one attached hydrogen (secondary N) is 1. The molecule has 3 atom stereocenters. The lowest BCUT2D eigenvalue weighted by atomic mass is 10.1. The highest BCUT2D eigenvalue weighted by molar-refractivity contribution is 7.80. The lowest BCUT2D eigenvalue weighted by Crippen LogP contribution is -2.50. The summed E-state index contributed by atoms with van der Waals surface area (Å²) in [5.41, 5.74) is 6.52. The van der Waals surface area contributed by atoms with Crippen molar-refractivity contribution < 1.29 is 9.53 Å². The van der Waals surface area contributed by atoms with Crippen LogP contribution in [0.1, 0.15) is 32.4 Å². The fraction of sp³-hybridized carbons (Fsp3) is 0.429. The number of carbonyl (C=O) groups excluding carboxylic acids is 1. The van der Waals surface area contributed by atoms with E-state index < -0.39 is 18.2 Å². The molecule has 0 heterocycles. The van der Waals surface area contributed by atoms with Gasteiger partial charge in [0, 0.05) is 21.5 Å². The number of ether oxygens (including phenoxy) is 1. The fourth-order valence-corrected chi connectivity index (χ4v) is 2.36. The first-order valence-corrected chi connectivity index (χ1v) is 7.09. The number of alkyl carbamates (subject to hydrolysis) is 1. The van der Waals surface area contributed by atoms with E-state index in [1.54, 1.807) is 26.8 Å². The second kappa shape index (κ2) is 7.57. The van der Waals surface area contributed by atoms with Crippen LogP contribution in [0, 0.1) is 0 Å². The smallest absolute Gasteiger partial charge is 0.408 e. The number of rotatable bonds is 5. The Bertz CT molecular complexity index is 494. The average Bonchev–Trinajstić information content (AvgIpc) is 2.35. The van der Waals surface area contributed by atoms with Crippen molar-refractivity contribution in [3.63, 3.8) is 0 Å². The molecule has 3 unspecified atom stereocenters. The summed E-state index contributed by atoms with van der Waals surface area (Å²) < 4.78 is 5.30. The van der Waals surface area contributed by atoms with Crippen molar-refractivity contribution >= 4 is 34.8 Å². The molecule has 1 aromatic rings. The molecule has 20 heavy (non-hydrogen) atoms. The Labute approximate surface area is 129 Å². The molecule has 0 radical (unpaired) electrons. The summed E-state index contributed by atoms with van der Waals surface area (Å²) in [6.07, 6.45) is -1.02. The van der Waals surface area contributed by atoms with Crippen LogP contribution >= 0.6 is 23.8 Å². The van der Waals surface area contributed by atoms with Crippen LogP contribution in [0.15, 0.2) is 24.3 Å². The number of nitrogens with two attached hydrogens (primary N) is 1. The number of hydrogen-bond donors (Lipinski definition) is 2. The topological polar surface area (TPSA) is 64.3 Å². The molecule has 1 aromatic carbocycles. The summed E-state index contributed by atoms with van der Waals surface area (Å²) in [5.74, 6) is 0. The molecular formula is C14H19ClN2O2S. The zero-order valence-electron chi connectivity index (χ0n) is 11.7. The van der Waals surface area contributed by atoms with Gasteiger partial charge in [-0.2, -0.15) is 0 Å². The first-order chi connectivity index (χ1) is 9.32. The SMILES string of the molecule is CC(=S)C(NC(=O)OC(C)c1ccccc1Cl)C(C)N. The standard InChI is InChI=1S/C14H19ClN2O2S/c1-8(16)13(10(3)20)17-14(18)19-9(2)11-6-4-5-7-12(11)15/h4-9,13H,16H2,1-3H3,(H,17,18). The molecule has 1 rings (SSSR count). The van der Waals surface area contributed by atoms with Crippen LogP contribution < -0.4 is 11.1 Å². The second-order valence-corrected chi connectivity index (χ2v) is 5.71. The minimum atomic E-state index is -0.566. The highest BCUT2D eigenvalue weighted by Crippen LogP contribution is 2.24. The Morgan fingerprint density at radius 2 is 2.00 bits per heavy atom. The Morgan fingerprint density at radius 3 is 2.50 bits per heavy atom. The molecule has 0 spiro atoms. The van der Waals surface area contributed by atoms with Crippen molar-refractivity contribution in [3.05, 3.63) is 34.9 Å². The Balaban J connectivity index is 2.67. The van der Waals surface area contributed by atoms with Crippen LogP contribution in [-0.2, 0) is 4.74 Å². The maximum atomic E-state index is 11.9. The molecule has 3 N–H and O–H groups in total. The van der Waals surface area contributed by atoms with Crippen molar-refractivity contribution in [1.29, 1.82) is 0 Å². The van der Waals surface area contributed by atoms with Crippen molar-refractivity contribution in [2.24, 2.45) is 5.73 Å². The third-order valence-corrected chi connectivity index (χ3v) is 3.46. The number of carbonyl (C=O) groups is 1. The van der Waals surface area contributed by atoms with Crippen LogP contribution in [0.4, 0.5) is 4.79 Å². The molecule has 4 nitrogen and oxygen atoms in total. The molecule has 6 heteroatoms. The number of thiocarbonyl (C=S) groups is 1. The predicted molar refractivity (Wildman–Crippen MR) is 85.2 cm³/mol. The minimum Gasteiger partial charge on any atom is -0.442 e. The van der Waals surface area contributed by atoms with Gasteiger partial charge in [-0.25, -0.2) is 4.79 Å². The monoisotopic (exact) mass is 314 g/mol. The van der Waals surface area contributed by atoms with Gasteiger partial charge in [0.05, 0.1) is 6.04 Å². The normalized spacial score (nSPS) is 15.1. The van der Waals surface area contributed by atoms with Gasteiger partial charge in [-0.05, 0) is 26.8 Å². The van der Waals surface area contributed by atoms with Crippen molar-refractivity contribution in [2.75, 3.05) is 0 Å². The van der Waals surface area contributed by atoms with E-state index in [1.807, 2.05) is 18.2 Å². The summed E-state index contributed by atoms with van der Waals surface area (Å²) >= 11 is 11.1. The quantitative estimate of drug-likeness (QED) is 0.819. The van der Waals surface area contributed by atoms with Gasteiger partial charge in [0.2, 0.25) is 0 Å². The molecule has 0 aliphatic heterocycles. The second-order valence-electron chi connectivity index (χ2n) is 4.66. The maximum absolute atomic E-state index is 11.9. The van der Waals surface area contributed by atoms with Gasteiger partial charge in [0.15, 0.2) is 0 Å². The Morgan fingerprint density at radius 1 is 1.40 bits per heavy atom. The Hall–Kier alpha value is -1.17. The summed E-state index contributed by atoms with van der Waals surface area (Å²) in [7, 11) is 0. The van der Waals surface area contributed by atoms with E-state index in [-0.39, 0.29) is 6.04 Å². The zero-order valence-corrected chi connectivity index (χ0v) is 13.3. The van der Waals surface area contributed by atoms with Crippen LogP contribution in [0.5, 0.6) is 0 Å². The zero-order chi connectivity index (χ0) is 15.3. The first-order valence-electron chi connectivity index (χ1n) is 6.30. The summed E-state index contributed by atoms with van der Waals surface area (Å²) in [5, 5.41) is 3.22. The molecule has 1 amide bonds. The van der Waals surface area contributed by atoms with E-state index in [2.05, 4.69) is 5.32 Å². The van der Waals surface area contributed by atoms with Gasteiger partial charge in [-0.1, -0.05) is 42.0 Å². The molecule has 0 aliphatic rings. The number of hydrogen-bond acceptors (Lipinski definition) is 4. The number of amides is 1. The average molecular weight is 315 g/mol. The van der Waals surface area contributed by atoms with Gasteiger partial charge >= 0.3 is 6.09 Å². The van der Waals surface area contributed by atoms with E-state index >= 15 is 0 Å². The maximum Gasteiger partial charge on any atom is 0.408 e. The van der Waals surface area contributed by atoms with Crippen molar-refractivity contribution in [1.82, 2.24) is 5.32 Å². The van der Waals surface area contributed by atoms with Crippen LogP contribution in [-0.4, -0.2) is 23.0 Å². The van der Waals surface area contributed by atoms with E-state index in [9.17, 15) is 4.79 Å². The fourth-order valence-electron chi connectivity index (χ4n) is 1.79. The number of benzene rings is 1. The van der Waals surface area contributed by atoms with E-state index in [4.69, 9.17) is 34.3 Å².